The number of aromatic nitrogens is 2. The van der Waals surface area contributed by atoms with Gasteiger partial charge in [-0.2, -0.15) is 0 Å². The van der Waals surface area contributed by atoms with Crippen LogP contribution in [0.2, 0.25) is 0 Å². The van der Waals surface area contributed by atoms with Crippen LogP contribution in [0.3, 0.4) is 0 Å². The Morgan fingerprint density at radius 3 is 2.68 bits per heavy atom. The van der Waals surface area contributed by atoms with Crippen molar-refractivity contribution in [3.8, 4) is 5.88 Å². The zero-order valence-corrected chi connectivity index (χ0v) is 15.1. The van der Waals surface area contributed by atoms with Crippen molar-refractivity contribution in [1.82, 2.24) is 9.97 Å². The molecule has 1 atom stereocenters. The molecule has 142 valence electrons. The number of nitrogen functional groups attached to an aromatic ring is 1. The van der Waals surface area contributed by atoms with Gasteiger partial charge in [0.2, 0.25) is 5.88 Å². The van der Waals surface area contributed by atoms with Crippen molar-refractivity contribution >= 4 is 11.5 Å². The number of halogens is 1. The Bertz CT molecular complexity index is 992. The quantitative estimate of drug-likeness (QED) is 0.705. The van der Waals surface area contributed by atoms with E-state index in [1.54, 1.807) is 6.20 Å². The first-order chi connectivity index (χ1) is 13.7. The molecule has 1 unspecified atom stereocenters. The molecule has 2 N–H and O–H groups in total. The molecule has 3 heterocycles. The van der Waals surface area contributed by atoms with Gasteiger partial charge in [-0.15, -0.1) is 0 Å². The van der Waals surface area contributed by atoms with Crippen molar-refractivity contribution in [2.45, 2.75) is 25.6 Å². The molecule has 7 heteroatoms. The summed E-state index contributed by atoms with van der Waals surface area (Å²) in [5.41, 5.74) is 9.83. The van der Waals surface area contributed by atoms with Gasteiger partial charge in [-0.1, -0.05) is 29.4 Å². The van der Waals surface area contributed by atoms with Crippen LogP contribution in [0.15, 0.2) is 66.1 Å². The first-order valence-electron chi connectivity index (χ1n) is 8.91. The molecule has 0 bridgehead atoms. The lowest BCUT2D eigenvalue weighted by Gasteiger charge is -2.10. The van der Waals surface area contributed by atoms with Gasteiger partial charge in [-0.05, 0) is 29.3 Å². The van der Waals surface area contributed by atoms with E-state index in [2.05, 4.69) is 15.1 Å². The van der Waals surface area contributed by atoms with Gasteiger partial charge in [-0.25, -0.2) is 14.4 Å². The molecule has 0 saturated heterocycles. The van der Waals surface area contributed by atoms with E-state index < -0.39 is 0 Å². The van der Waals surface area contributed by atoms with Crippen LogP contribution in [-0.2, 0) is 17.9 Å². The minimum Gasteiger partial charge on any atom is -0.473 e. The zero-order chi connectivity index (χ0) is 19.3. The third-order valence-electron chi connectivity index (χ3n) is 4.46. The SMILES string of the molecule is Nc1ncccc1C1CC(Cc2ccc(COc3cc(F)ccn3)cc2)=NO1. The number of oxime groups is 1. The topological polar surface area (TPSA) is 82.6 Å². The number of hydrogen-bond acceptors (Lipinski definition) is 6. The fourth-order valence-electron chi connectivity index (χ4n) is 3.01. The highest BCUT2D eigenvalue weighted by Crippen LogP contribution is 2.30. The van der Waals surface area contributed by atoms with Gasteiger partial charge in [0.25, 0.3) is 0 Å². The van der Waals surface area contributed by atoms with Crippen LogP contribution in [0.1, 0.15) is 29.2 Å². The highest BCUT2D eigenvalue weighted by atomic mass is 19.1. The highest BCUT2D eigenvalue weighted by Gasteiger charge is 2.24. The lowest BCUT2D eigenvalue weighted by molar-refractivity contribution is 0.0860. The van der Waals surface area contributed by atoms with E-state index in [9.17, 15) is 4.39 Å². The second-order valence-corrected chi connectivity index (χ2v) is 6.53. The van der Waals surface area contributed by atoms with Crippen LogP contribution >= 0.6 is 0 Å². The predicted octanol–water partition coefficient (Wildman–Crippen LogP) is 3.84. The van der Waals surface area contributed by atoms with E-state index in [4.69, 9.17) is 15.3 Å². The molecule has 28 heavy (non-hydrogen) atoms. The predicted molar refractivity (Wildman–Crippen MR) is 103 cm³/mol. The average Bonchev–Trinajstić information content (AvgIpc) is 3.16. The summed E-state index contributed by atoms with van der Waals surface area (Å²) >= 11 is 0. The molecule has 1 aliphatic rings. The number of pyridine rings is 2. The van der Waals surface area contributed by atoms with Gasteiger partial charge in [0.1, 0.15) is 18.2 Å². The minimum atomic E-state index is -0.369. The van der Waals surface area contributed by atoms with Crippen LogP contribution in [0.4, 0.5) is 10.2 Å². The first kappa shape index (κ1) is 17.9. The van der Waals surface area contributed by atoms with Crippen LogP contribution < -0.4 is 10.5 Å². The van der Waals surface area contributed by atoms with E-state index in [0.29, 0.717) is 25.3 Å². The van der Waals surface area contributed by atoms with Crippen molar-refractivity contribution in [3.05, 3.63) is 83.4 Å². The summed E-state index contributed by atoms with van der Waals surface area (Å²) in [5.74, 6) is 0.370. The summed E-state index contributed by atoms with van der Waals surface area (Å²) in [6.07, 6.45) is 4.24. The maximum atomic E-state index is 13.1. The monoisotopic (exact) mass is 378 g/mol. The average molecular weight is 378 g/mol. The molecular formula is C21H19FN4O2. The summed E-state index contributed by atoms with van der Waals surface area (Å²) in [7, 11) is 0. The van der Waals surface area contributed by atoms with Gasteiger partial charge < -0.3 is 15.3 Å². The van der Waals surface area contributed by atoms with E-state index in [-0.39, 0.29) is 17.8 Å². The van der Waals surface area contributed by atoms with Crippen LogP contribution in [0.25, 0.3) is 0 Å². The Labute approximate surface area is 161 Å². The second-order valence-electron chi connectivity index (χ2n) is 6.53. The fourth-order valence-corrected chi connectivity index (χ4v) is 3.01. The number of anilines is 1. The Kier molecular flexibility index (Phi) is 5.14. The van der Waals surface area contributed by atoms with Crippen molar-refractivity contribution < 1.29 is 14.0 Å². The van der Waals surface area contributed by atoms with Crippen molar-refractivity contribution in [2.75, 3.05) is 5.73 Å². The molecule has 3 aromatic rings. The third kappa shape index (κ3) is 4.25. The number of ether oxygens (including phenoxy) is 1. The Hall–Kier alpha value is -3.48. The normalized spacial score (nSPS) is 15.8. The molecule has 0 aliphatic carbocycles. The molecule has 2 aromatic heterocycles. The van der Waals surface area contributed by atoms with E-state index in [0.717, 1.165) is 22.4 Å². The molecule has 0 spiro atoms. The molecule has 1 aliphatic heterocycles. The minimum absolute atomic E-state index is 0.185. The lowest BCUT2D eigenvalue weighted by atomic mass is 10.00. The molecular weight excluding hydrogens is 359 g/mol. The number of nitrogens with zero attached hydrogens (tertiary/aromatic N) is 3. The summed E-state index contributed by atoms with van der Waals surface area (Å²) in [6, 6.07) is 14.3. The fraction of sp³-hybridized carbons (Fsp3) is 0.190. The molecule has 6 nitrogen and oxygen atoms in total. The first-order valence-corrected chi connectivity index (χ1v) is 8.91. The Morgan fingerprint density at radius 1 is 1.07 bits per heavy atom. The summed E-state index contributed by atoms with van der Waals surface area (Å²) in [6.45, 7) is 0.323. The summed E-state index contributed by atoms with van der Waals surface area (Å²) in [5, 5.41) is 4.20. The van der Waals surface area contributed by atoms with Gasteiger partial charge in [0, 0.05) is 36.9 Å². The summed E-state index contributed by atoms with van der Waals surface area (Å²) < 4.78 is 18.7. The zero-order valence-electron chi connectivity index (χ0n) is 15.1. The van der Waals surface area contributed by atoms with Crippen molar-refractivity contribution in [3.63, 3.8) is 0 Å². The smallest absolute Gasteiger partial charge is 0.216 e. The molecule has 0 radical (unpaired) electrons. The highest BCUT2D eigenvalue weighted by molar-refractivity contribution is 5.87. The number of nitrogens with two attached hydrogens (primary N) is 1. The maximum absolute atomic E-state index is 13.1. The second kappa shape index (κ2) is 8.04. The van der Waals surface area contributed by atoms with Crippen LogP contribution in [0.5, 0.6) is 5.88 Å². The number of rotatable bonds is 6. The van der Waals surface area contributed by atoms with Crippen LogP contribution in [0, 0.1) is 5.82 Å². The van der Waals surface area contributed by atoms with E-state index in [1.807, 2.05) is 36.4 Å². The molecule has 4 rings (SSSR count). The third-order valence-corrected chi connectivity index (χ3v) is 4.46. The molecule has 1 aromatic carbocycles. The van der Waals surface area contributed by atoms with E-state index >= 15 is 0 Å². The lowest BCUT2D eigenvalue weighted by Crippen LogP contribution is -2.06. The standard InChI is InChI=1S/C21H19FN4O2/c22-16-7-9-24-20(11-16)27-13-15-5-3-14(4-6-15)10-17-12-19(28-26-17)18-2-1-8-25-21(18)23/h1-9,11,19H,10,12-13H2,(H2,23,25). The number of benzene rings is 1. The van der Waals surface area contributed by atoms with Gasteiger partial charge in [0.15, 0.2) is 6.10 Å². The molecule has 0 amide bonds. The van der Waals surface area contributed by atoms with Gasteiger partial charge >= 0.3 is 0 Å². The number of hydrogen-bond donors (Lipinski definition) is 1. The molecule has 0 saturated carbocycles. The van der Waals surface area contributed by atoms with Gasteiger partial charge in [-0.3, -0.25) is 0 Å². The molecule has 0 fully saturated rings. The van der Waals surface area contributed by atoms with Crippen molar-refractivity contribution in [2.24, 2.45) is 5.16 Å². The van der Waals surface area contributed by atoms with Crippen molar-refractivity contribution in [1.29, 1.82) is 0 Å². The maximum Gasteiger partial charge on any atom is 0.216 e. The van der Waals surface area contributed by atoms with Crippen LogP contribution in [-0.4, -0.2) is 15.7 Å². The van der Waals surface area contributed by atoms with E-state index in [1.165, 1.54) is 18.3 Å². The Morgan fingerprint density at radius 2 is 1.89 bits per heavy atom. The Balaban J connectivity index is 1.32. The van der Waals surface area contributed by atoms with Gasteiger partial charge in [0.05, 0.1) is 5.71 Å². The largest absolute Gasteiger partial charge is 0.473 e. The summed E-state index contributed by atoms with van der Waals surface area (Å²) in [4.78, 5) is 13.6.